The predicted molar refractivity (Wildman–Crippen MR) is 81.9 cm³/mol. The Morgan fingerprint density at radius 2 is 2.14 bits per heavy atom. The Balaban J connectivity index is 1.97. The first-order valence-corrected chi connectivity index (χ1v) is 6.55. The van der Waals surface area contributed by atoms with Crippen molar-refractivity contribution in [3.8, 4) is 6.07 Å². The van der Waals surface area contributed by atoms with Gasteiger partial charge in [0, 0.05) is 0 Å². The molecule has 0 saturated heterocycles. The smallest absolute Gasteiger partial charge is 0.339 e. The molecule has 22 heavy (non-hydrogen) atoms. The molecule has 0 aliphatic carbocycles. The molecule has 1 aromatic heterocycles. The van der Waals surface area contributed by atoms with Crippen molar-refractivity contribution in [2.75, 3.05) is 12.4 Å². The number of benzene rings is 2. The van der Waals surface area contributed by atoms with Crippen molar-refractivity contribution in [3.63, 3.8) is 0 Å². The van der Waals surface area contributed by atoms with Gasteiger partial charge in [-0.1, -0.05) is 12.1 Å². The Hall–Kier alpha value is -3.33. The number of carbonyl (C=O) groups excluding carboxylic acids is 1. The number of hydrogen-bond acceptors (Lipinski definition) is 5. The summed E-state index contributed by atoms with van der Waals surface area (Å²) in [6.45, 7) is 0. The highest BCUT2D eigenvalue weighted by Gasteiger charge is 2.12. The van der Waals surface area contributed by atoms with Crippen LogP contribution in [0.3, 0.4) is 0 Å². The zero-order valence-corrected chi connectivity index (χ0v) is 11.8. The number of methoxy groups -OCH3 is 1. The number of nitriles is 1. The van der Waals surface area contributed by atoms with E-state index in [0.717, 1.165) is 11.0 Å². The van der Waals surface area contributed by atoms with Crippen LogP contribution >= 0.6 is 0 Å². The number of carbonyl (C=O) groups is 1. The molecule has 1 heterocycles. The molecule has 3 rings (SSSR count). The van der Waals surface area contributed by atoms with Gasteiger partial charge in [-0.15, -0.1) is 0 Å². The maximum absolute atomic E-state index is 11.8. The van der Waals surface area contributed by atoms with E-state index in [9.17, 15) is 4.79 Å². The van der Waals surface area contributed by atoms with Crippen molar-refractivity contribution in [2.24, 2.45) is 0 Å². The zero-order valence-electron chi connectivity index (χ0n) is 11.8. The average molecular weight is 292 g/mol. The van der Waals surface area contributed by atoms with Gasteiger partial charge in [0.25, 0.3) is 0 Å². The van der Waals surface area contributed by atoms with Gasteiger partial charge in [0.15, 0.2) is 0 Å². The SMILES string of the molecule is COC(=O)c1ccccc1Nc1nc2ccc(C#N)cc2[nH]1. The minimum absolute atomic E-state index is 0.420. The molecule has 0 radical (unpaired) electrons. The van der Waals surface area contributed by atoms with E-state index in [1.807, 2.05) is 6.07 Å². The van der Waals surface area contributed by atoms with Crippen molar-refractivity contribution in [3.05, 3.63) is 53.6 Å². The number of aromatic nitrogens is 2. The number of nitrogens with zero attached hydrogens (tertiary/aromatic N) is 2. The van der Waals surface area contributed by atoms with Crippen LogP contribution in [-0.4, -0.2) is 23.0 Å². The molecule has 0 spiro atoms. The number of para-hydroxylation sites is 1. The van der Waals surface area contributed by atoms with Crippen LogP contribution in [0.25, 0.3) is 11.0 Å². The fraction of sp³-hybridized carbons (Fsp3) is 0.0625. The van der Waals surface area contributed by atoms with Gasteiger partial charge in [-0.05, 0) is 30.3 Å². The van der Waals surface area contributed by atoms with Crippen LogP contribution in [0.1, 0.15) is 15.9 Å². The third kappa shape index (κ3) is 2.47. The summed E-state index contributed by atoms with van der Waals surface area (Å²) in [5.41, 5.74) is 3.05. The van der Waals surface area contributed by atoms with E-state index in [1.165, 1.54) is 7.11 Å². The second-order valence-electron chi connectivity index (χ2n) is 4.59. The summed E-state index contributed by atoms with van der Waals surface area (Å²) in [6.07, 6.45) is 0. The van der Waals surface area contributed by atoms with Crippen molar-refractivity contribution in [2.45, 2.75) is 0 Å². The fourth-order valence-electron chi connectivity index (χ4n) is 2.15. The highest BCUT2D eigenvalue weighted by atomic mass is 16.5. The molecule has 0 aliphatic heterocycles. The monoisotopic (exact) mass is 292 g/mol. The van der Waals surface area contributed by atoms with Crippen molar-refractivity contribution >= 4 is 28.6 Å². The predicted octanol–water partition coefficient (Wildman–Crippen LogP) is 2.96. The molecule has 0 unspecified atom stereocenters. The molecule has 0 bridgehead atoms. The Kier molecular flexibility index (Phi) is 3.46. The second-order valence-corrected chi connectivity index (χ2v) is 4.59. The number of ether oxygens (including phenoxy) is 1. The van der Waals surface area contributed by atoms with Crippen LogP contribution in [-0.2, 0) is 4.74 Å². The summed E-state index contributed by atoms with van der Waals surface area (Å²) in [7, 11) is 1.34. The van der Waals surface area contributed by atoms with Crippen LogP contribution in [0, 0.1) is 11.3 Å². The molecule has 0 saturated carbocycles. The van der Waals surface area contributed by atoms with E-state index < -0.39 is 5.97 Å². The van der Waals surface area contributed by atoms with Crippen molar-refractivity contribution < 1.29 is 9.53 Å². The van der Waals surface area contributed by atoms with Gasteiger partial charge in [-0.3, -0.25) is 0 Å². The molecule has 6 nitrogen and oxygen atoms in total. The minimum atomic E-state index is -0.425. The highest BCUT2D eigenvalue weighted by molar-refractivity contribution is 5.96. The van der Waals surface area contributed by atoms with Gasteiger partial charge in [-0.2, -0.15) is 5.26 Å². The molecule has 0 aliphatic rings. The lowest BCUT2D eigenvalue weighted by molar-refractivity contribution is 0.0602. The molecular formula is C16H12N4O2. The van der Waals surface area contributed by atoms with Gasteiger partial charge < -0.3 is 15.0 Å². The Bertz CT molecular complexity index is 893. The summed E-state index contributed by atoms with van der Waals surface area (Å²) in [5.74, 6) is 0.0624. The Labute approximate surface area is 126 Å². The van der Waals surface area contributed by atoms with E-state index in [4.69, 9.17) is 10.00 Å². The number of imidazole rings is 1. The van der Waals surface area contributed by atoms with Crippen molar-refractivity contribution in [1.82, 2.24) is 9.97 Å². The van der Waals surface area contributed by atoms with Crippen LogP contribution in [0.4, 0.5) is 11.6 Å². The number of esters is 1. The van der Waals surface area contributed by atoms with Gasteiger partial charge >= 0.3 is 5.97 Å². The largest absolute Gasteiger partial charge is 0.465 e. The van der Waals surface area contributed by atoms with Crippen LogP contribution in [0.5, 0.6) is 0 Å². The van der Waals surface area contributed by atoms with E-state index in [1.54, 1.807) is 36.4 Å². The second kappa shape index (κ2) is 5.58. The summed E-state index contributed by atoms with van der Waals surface area (Å²) >= 11 is 0. The number of H-pyrrole nitrogens is 1. The summed E-state index contributed by atoms with van der Waals surface area (Å²) in [6, 6.07) is 14.3. The quantitative estimate of drug-likeness (QED) is 0.724. The molecule has 0 amide bonds. The summed E-state index contributed by atoms with van der Waals surface area (Å²) in [5, 5.41) is 12.0. The van der Waals surface area contributed by atoms with E-state index >= 15 is 0 Å². The van der Waals surface area contributed by atoms with E-state index in [0.29, 0.717) is 22.8 Å². The lowest BCUT2D eigenvalue weighted by Gasteiger charge is -2.07. The first-order valence-electron chi connectivity index (χ1n) is 6.55. The van der Waals surface area contributed by atoms with Gasteiger partial charge in [-0.25, -0.2) is 9.78 Å². The zero-order chi connectivity index (χ0) is 15.5. The molecule has 0 atom stereocenters. The topological polar surface area (TPSA) is 90.8 Å². The molecule has 2 aromatic carbocycles. The minimum Gasteiger partial charge on any atom is -0.465 e. The third-order valence-electron chi connectivity index (χ3n) is 3.20. The number of hydrogen-bond donors (Lipinski definition) is 2. The van der Waals surface area contributed by atoms with Gasteiger partial charge in [0.2, 0.25) is 5.95 Å². The van der Waals surface area contributed by atoms with Crippen LogP contribution < -0.4 is 5.32 Å². The number of aromatic amines is 1. The normalized spacial score (nSPS) is 10.2. The standard InChI is InChI=1S/C16H12N4O2/c1-22-15(21)11-4-2-3-5-12(11)18-16-19-13-7-6-10(9-17)8-14(13)20-16/h2-8H,1H3,(H2,18,19,20). The average Bonchev–Trinajstić information content (AvgIpc) is 2.95. The Morgan fingerprint density at radius 3 is 2.91 bits per heavy atom. The van der Waals surface area contributed by atoms with E-state index in [-0.39, 0.29) is 0 Å². The molecule has 108 valence electrons. The number of rotatable bonds is 3. The first kappa shape index (κ1) is 13.6. The van der Waals surface area contributed by atoms with Crippen LogP contribution in [0.15, 0.2) is 42.5 Å². The van der Waals surface area contributed by atoms with Gasteiger partial charge in [0.1, 0.15) is 0 Å². The molecule has 3 aromatic rings. The van der Waals surface area contributed by atoms with E-state index in [2.05, 4.69) is 21.4 Å². The van der Waals surface area contributed by atoms with Gasteiger partial charge in [0.05, 0.1) is 41.0 Å². The highest BCUT2D eigenvalue weighted by Crippen LogP contribution is 2.22. The molecule has 0 fully saturated rings. The molecular weight excluding hydrogens is 280 g/mol. The number of fused-ring (bicyclic) bond motifs is 1. The maximum Gasteiger partial charge on any atom is 0.339 e. The molecule has 2 N–H and O–H groups in total. The molecule has 6 heteroatoms. The summed E-state index contributed by atoms with van der Waals surface area (Å²) < 4.78 is 4.76. The fourth-order valence-corrected chi connectivity index (χ4v) is 2.15. The number of nitrogens with one attached hydrogen (secondary N) is 2. The third-order valence-corrected chi connectivity index (χ3v) is 3.20. The van der Waals surface area contributed by atoms with Crippen molar-refractivity contribution in [1.29, 1.82) is 5.26 Å². The Morgan fingerprint density at radius 1 is 1.32 bits per heavy atom. The first-order chi connectivity index (χ1) is 10.7. The summed E-state index contributed by atoms with van der Waals surface area (Å²) in [4.78, 5) is 19.2. The maximum atomic E-state index is 11.8. The number of anilines is 2. The van der Waals surface area contributed by atoms with Crippen LogP contribution in [0.2, 0.25) is 0 Å². The lowest BCUT2D eigenvalue weighted by atomic mass is 10.2. The lowest BCUT2D eigenvalue weighted by Crippen LogP contribution is -2.05.